The van der Waals surface area contributed by atoms with Crippen LogP contribution in [0.15, 0.2) is 53.5 Å². The minimum absolute atomic E-state index is 0.0242. The summed E-state index contributed by atoms with van der Waals surface area (Å²) in [5.41, 5.74) is 5.33. The molecule has 0 saturated heterocycles. The number of carbonyl (C=O) groups excluding carboxylic acids is 1. The van der Waals surface area contributed by atoms with Crippen molar-refractivity contribution in [1.82, 2.24) is 19.9 Å². The number of ether oxygens (including phenoxy) is 1. The zero-order valence-electron chi connectivity index (χ0n) is 18.9. The molecule has 7 nitrogen and oxygen atoms in total. The van der Waals surface area contributed by atoms with E-state index < -0.39 is 0 Å². The number of nitrogens with one attached hydrogen (secondary N) is 2. The topological polar surface area (TPSA) is 89.0 Å². The predicted octanol–water partition coefficient (Wildman–Crippen LogP) is 3.95. The first-order valence-electron chi connectivity index (χ1n) is 11.1. The first kappa shape index (κ1) is 21.0. The zero-order valence-corrected chi connectivity index (χ0v) is 18.9. The van der Waals surface area contributed by atoms with Gasteiger partial charge in [-0.05, 0) is 50.6 Å². The van der Waals surface area contributed by atoms with E-state index in [1.54, 1.807) is 6.20 Å². The highest BCUT2D eigenvalue weighted by Crippen LogP contribution is 2.38. The fourth-order valence-corrected chi connectivity index (χ4v) is 4.88. The monoisotopic (exact) mass is 442 g/mol. The number of fused-ring (bicyclic) bond motifs is 2. The Morgan fingerprint density at radius 1 is 1.21 bits per heavy atom. The second kappa shape index (κ2) is 8.24. The molecule has 0 fully saturated rings. The third-order valence-electron chi connectivity index (χ3n) is 6.39. The number of hydrogen-bond donors (Lipinski definition) is 2. The maximum absolute atomic E-state index is 13.4. The summed E-state index contributed by atoms with van der Waals surface area (Å²) in [6, 6.07) is 13.7. The molecule has 0 aliphatic carbocycles. The Labute approximate surface area is 191 Å². The number of para-hydroxylation sites is 1. The van der Waals surface area contributed by atoms with Crippen molar-refractivity contribution in [1.29, 1.82) is 0 Å². The van der Waals surface area contributed by atoms with Crippen LogP contribution in [0, 0.1) is 20.8 Å². The number of pyridine rings is 2. The van der Waals surface area contributed by atoms with Crippen LogP contribution in [0.3, 0.4) is 0 Å². The van der Waals surface area contributed by atoms with E-state index >= 15 is 0 Å². The molecule has 5 rings (SSSR count). The number of aromatic amines is 1. The molecule has 7 heteroatoms. The van der Waals surface area contributed by atoms with Crippen LogP contribution in [-0.2, 0) is 6.54 Å². The molecular weight excluding hydrogens is 416 g/mol. The van der Waals surface area contributed by atoms with Crippen molar-refractivity contribution >= 4 is 16.9 Å². The lowest BCUT2D eigenvalue weighted by Crippen LogP contribution is -2.28. The average Bonchev–Trinajstić information content (AvgIpc) is 3.09. The predicted molar refractivity (Wildman–Crippen MR) is 127 cm³/mol. The second-order valence-corrected chi connectivity index (χ2v) is 8.52. The third-order valence-corrected chi connectivity index (χ3v) is 6.39. The number of nitrogens with zero attached hydrogens (tertiary/aromatic N) is 2. The maximum atomic E-state index is 13.4. The quantitative estimate of drug-likeness (QED) is 0.501. The van der Waals surface area contributed by atoms with Gasteiger partial charge in [-0.15, -0.1) is 0 Å². The van der Waals surface area contributed by atoms with Crippen molar-refractivity contribution in [3.05, 3.63) is 92.7 Å². The van der Waals surface area contributed by atoms with Gasteiger partial charge in [0.2, 0.25) is 0 Å². The summed E-state index contributed by atoms with van der Waals surface area (Å²) in [5, 5.41) is 3.76. The number of H-pyrrole nitrogens is 1. The first-order valence-corrected chi connectivity index (χ1v) is 11.1. The fraction of sp³-hybridized carbons (Fsp3) is 0.269. The number of carbonyl (C=O) groups is 1. The van der Waals surface area contributed by atoms with Crippen molar-refractivity contribution in [2.45, 2.75) is 39.8 Å². The van der Waals surface area contributed by atoms with Gasteiger partial charge < -0.3 is 19.6 Å². The van der Waals surface area contributed by atoms with E-state index in [9.17, 15) is 9.59 Å². The molecule has 0 spiro atoms. The van der Waals surface area contributed by atoms with E-state index in [0.717, 1.165) is 45.7 Å². The molecule has 1 atom stereocenters. The van der Waals surface area contributed by atoms with Crippen molar-refractivity contribution < 1.29 is 9.53 Å². The van der Waals surface area contributed by atoms with Gasteiger partial charge in [-0.25, -0.2) is 4.98 Å². The molecular formula is C26H26N4O3. The lowest BCUT2D eigenvalue weighted by atomic mass is 10.00. The Morgan fingerprint density at radius 2 is 2.03 bits per heavy atom. The first-order chi connectivity index (χ1) is 16.0. The smallest absolute Gasteiger partial charge is 0.254 e. The standard InChI is InChI=1S/C26H26N4O3/c1-15-13-16(2)29-25(31)20(15)14-28-26(32)23-17(3)30(24-19(23)8-6-11-27-24)21-10-12-33-22-9-5-4-7-18(21)22/h4-9,11,13,21H,10,12,14H2,1-3H3,(H,28,32)(H,29,31). The molecule has 1 unspecified atom stereocenters. The molecule has 33 heavy (non-hydrogen) atoms. The van der Waals surface area contributed by atoms with Crippen LogP contribution < -0.4 is 15.6 Å². The van der Waals surface area contributed by atoms with E-state index in [-0.39, 0.29) is 24.1 Å². The highest BCUT2D eigenvalue weighted by Gasteiger charge is 2.29. The molecule has 1 aromatic carbocycles. The number of benzene rings is 1. The van der Waals surface area contributed by atoms with Crippen LogP contribution in [0.2, 0.25) is 0 Å². The number of amides is 1. The molecule has 3 aromatic heterocycles. The summed E-state index contributed by atoms with van der Waals surface area (Å²) in [6.07, 6.45) is 2.54. The van der Waals surface area contributed by atoms with Crippen molar-refractivity contribution in [3.63, 3.8) is 0 Å². The molecule has 2 N–H and O–H groups in total. The van der Waals surface area contributed by atoms with Gasteiger partial charge in [-0.3, -0.25) is 9.59 Å². The number of aromatic nitrogens is 3. The number of hydrogen-bond acceptors (Lipinski definition) is 4. The molecule has 0 saturated carbocycles. The van der Waals surface area contributed by atoms with E-state index in [2.05, 4.69) is 25.9 Å². The van der Waals surface area contributed by atoms with Crippen LogP contribution in [-0.4, -0.2) is 27.0 Å². The van der Waals surface area contributed by atoms with Crippen LogP contribution >= 0.6 is 0 Å². The maximum Gasteiger partial charge on any atom is 0.254 e. The van der Waals surface area contributed by atoms with E-state index in [4.69, 9.17) is 4.74 Å². The summed E-state index contributed by atoms with van der Waals surface area (Å²) in [7, 11) is 0. The SMILES string of the molecule is Cc1cc(C)c(CNC(=O)c2c(C)n(C3CCOc4ccccc43)c3ncccc23)c(=O)[nH]1. The highest BCUT2D eigenvalue weighted by molar-refractivity contribution is 6.07. The van der Waals surface area contributed by atoms with Gasteiger partial charge in [-0.1, -0.05) is 18.2 Å². The lowest BCUT2D eigenvalue weighted by Gasteiger charge is -2.28. The van der Waals surface area contributed by atoms with Crippen molar-refractivity contribution in [2.24, 2.45) is 0 Å². The summed E-state index contributed by atoms with van der Waals surface area (Å²) in [5.74, 6) is 0.648. The zero-order chi connectivity index (χ0) is 23.1. The van der Waals surface area contributed by atoms with E-state index in [0.29, 0.717) is 17.7 Å². The second-order valence-electron chi connectivity index (χ2n) is 8.52. The number of rotatable bonds is 4. The van der Waals surface area contributed by atoms with Crippen LogP contribution in [0.5, 0.6) is 5.75 Å². The average molecular weight is 443 g/mol. The van der Waals surface area contributed by atoms with Gasteiger partial charge in [0.05, 0.1) is 18.2 Å². The fourth-order valence-electron chi connectivity index (χ4n) is 4.88. The van der Waals surface area contributed by atoms with Gasteiger partial charge in [0.25, 0.3) is 11.5 Å². The van der Waals surface area contributed by atoms with Gasteiger partial charge in [0, 0.05) is 47.1 Å². The Kier molecular flexibility index (Phi) is 5.24. The third kappa shape index (κ3) is 3.59. The minimum atomic E-state index is -0.219. The summed E-state index contributed by atoms with van der Waals surface area (Å²) >= 11 is 0. The van der Waals surface area contributed by atoms with Gasteiger partial charge >= 0.3 is 0 Å². The van der Waals surface area contributed by atoms with Crippen molar-refractivity contribution in [2.75, 3.05) is 6.61 Å². The molecule has 4 heterocycles. The van der Waals surface area contributed by atoms with E-state index in [1.807, 2.05) is 57.2 Å². The molecule has 0 bridgehead atoms. The van der Waals surface area contributed by atoms with Gasteiger partial charge in [-0.2, -0.15) is 0 Å². The summed E-state index contributed by atoms with van der Waals surface area (Å²) < 4.78 is 8.00. The largest absolute Gasteiger partial charge is 0.493 e. The van der Waals surface area contributed by atoms with E-state index in [1.165, 1.54) is 0 Å². The molecule has 168 valence electrons. The normalized spacial score (nSPS) is 15.2. The highest BCUT2D eigenvalue weighted by atomic mass is 16.5. The molecule has 4 aromatic rings. The lowest BCUT2D eigenvalue weighted by molar-refractivity contribution is 0.0951. The molecule has 1 aliphatic rings. The summed E-state index contributed by atoms with van der Waals surface area (Å²) in [4.78, 5) is 33.2. The van der Waals surface area contributed by atoms with Crippen molar-refractivity contribution in [3.8, 4) is 5.75 Å². The van der Waals surface area contributed by atoms with Gasteiger partial charge in [0.15, 0.2) is 0 Å². The Morgan fingerprint density at radius 3 is 2.85 bits per heavy atom. The van der Waals surface area contributed by atoms with Crippen LogP contribution in [0.25, 0.3) is 11.0 Å². The summed E-state index contributed by atoms with van der Waals surface area (Å²) in [6.45, 7) is 6.44. The molecule has 1 aliphatic heterocycles. The Hall–Kier alpha value is -3.87. The van der Waals surface area contributed by atoms with Crippen LogP contribution in [0.4, 0.5) is 0 Å². The number of aryl methyl sites for hydroxylation is 2. The Bertz CT molecular complexity index is 1430. The Balaban J connectivity index is 1.55. The molecule has 0 radical (unpaired) electrons. The minimum Gasteiger partial charge on any atom is -0.493 e. The van der Waals surface area contributed by atoms with Crippen LogP contribution in [0.1, 0.15) is 50.9 Å². The van der Waals surface area contributed by atoms with Gasteiger partial charge in [0.1, 0.15) is 11.4 Å². The molecule has 1 amide bonds.